The summed E-state index contributed by atoms with van der Waals surface area (Å²) in [5.41, 5.74) is 0.0582. The lowest BCUT2D eigenvalue weighted by Gasteiger charge is -2.22. The Bertz CT molecular complexity index is 997. The van der Waals surface area contributed by atoms with Crippen LogP contribution in [-0.4, -0.2) is 39.2 Å². The lowest BCUT2D eigenvalue weighted by Crippen LogP contribution is -2.35. The van der Waals surface area contributed by atoms with Crippen LogP contribution in [0.5, 0.6) is 5.75 Å². The largest absolute Gasteiger partial charge is 0.466 e. The predicted octanol–water partition coefficient (Wildman–Crippen LogP) is 4.02. The van der Waals surface area contributed by atoms with Crippen molar-refractivity contribution in [3.8, 4) is 5.75 Å². The summed E-state index contributed by atoms with van der Waals surface area (Å²) in [5, 5.41) is 2.66. The summed E-state index contributed by atoms with van der Waals surface area (Å²) < 4.78 is 40.2. The van der Waals surface area contributed by atoms with Gasteiger partial charge in [-0.3, -0.25) is 4.79 Å². The molecule has 0 heterocycles. The molecule has 0 aromatic heterocycles. The molecule has 1 amide bonds. The van der Waals surface area contributed by atoms with E-state index in [0.717, 1.165) is 0 Å². The zero-order valence-electron chi connectivity index (χ0n) is 18.7. The van der Waals surface area contributed by atoms with Gasteiger partial charge in [-0.2, -0.15) is 8.42 Å². The van der Waals surface area contributed by atoms with E-state index in [4.69, 9.17) is 13.7 Å². The van der Waals surface area contributed by atoms with Crippen molar-refractivity contribution in [2.45, 2.75) is 50.5 Å². The van der Waals surface area contributed by atoms with Gasteiger partial charge in [0.05, 0.1) is 13.0 Å². The van der Waals surface area contributed by atoms with Crippen LogP contribution in [0.25, 0.3) is 0 Å². The average Bonchev–Trinajstić information content (AvgIpc) is 2.71. The number of hydrogen-bond donors (Lipinski definition) is 1. The van der Waals surface area contributed by atoms with Gasteiger partial charge in [-0.25, -0.2) is 4.79 Å². The summed E-state index contributed by atoms with van der Waals surface area (Å²) >= 11 is 0. The standard InChI is InChI=1S/C23H29NO7S/c1-5-29-21(25)15-18(16-24-22(26)30-23(2,3)4)17-11-13-19(14-12-17)31-32(27,28)20-9-7-6-8-10-20/h6-14,18H,5,15-16H2,1-4H3,(H,24,26). The maximum atomic E-state index is 12.4. The fraction of sp³-hybridized carbons (Fsp3) is 0.391. The van der Waals surface area contributed by atoms with E-state index in [1.165, 1.54) is 24.3 Å². The molecule has 8 nitrogen and oxygen atoms in total. The Morgan fingerprint density at radius 3 is 2.19 bits per heavy atom. The van der Waals surface area contributed by atoms with Gasteiger partial charge in [0.1, 0.15) is 16.2 Å². The third-order valence-corrected chi connectivity index (χ3v) is 5.46. The van der Waals surface area contributed by atoms with Crippen molar-refractivity contribution >= 4 is 22.2 Å². The Hall–Kier alpha value is -3.07. The molecule has 0 radical (unpaired) electrons. The van der Waals surface area contributed by atoms with Crippen LogP contribution in [0.1, 0.15) is 45.6 Å². The Morgan fingerprint density at radius 2 is 1.62 bits per heavy atom. The number of carbonyl (C=O) groups excluding carboxylic acids is 2. The quantitative estimate of drug-likeness (QED) is 0.442. The molecule has 1 N–H and O–H groups in total. The highest BCUT2D eigenvalue weighted by molar-refractivity contribution is 7.87. The molecule has 2 aromatic carbocycles. The smallest absolute Gasteiger partial charge is 0.407 e. The van der Waals surface area contributed by atoms with Crippen molar-refractivity contribution in [2.75, 3.05) is 13.2 Å². The van der Waals surface area contributed by atoms with Gasteiger partial charge in [0.2, 0.25) is 0 Å². The molecule has 2 rings (SSSR count). The van der Waals surface area contributed by atoms with Gasteiger partial charge in [0.15, 0.2) is 0 Å². The highest BCUT2D eigenvalue weighted by Crippen LogP contribution is 2.25. The highest BCUT2D eigenvalue weighted by atomic mass is 32.2. The van der Waals surface area contributed by atoms with Gasteiger partial charge in [-0.1, -0.05) is 30.3 Å². The monoisotopic (exact) mass is 463 g/mol. The van der Waals surface area contributed by atoms with E-state index >= 15 is 0 Å². The molecule has 0 fully saturated rings. The fourth-order valence-electron chi connectivity index (χ4n) is 2.81. The van der Waals surface area contributed by atoms with E-state index in [2.05, 4.69) is 5.32 Å². The molecule has 2 aromatic rings. The van der Waals surface area contributed by atoms with Crippen LogP contribution in [0.2, 0.25) is 0 Å². The van der Waals surface area contributed by atoms with E-state index in [9.17, 15) is 18.0 Å². The SMILES string of the molecule is CCOC(=O)CC(CNC(=O)OC(C)(C)C)c1ccc(OS(=O)(=O)c2ccccc2)cc1. The first kappa shape index (κ1) is 25.2. The van der Waals surface area contributed by atoms with Crippen molar-refractivity contribution in [3.05, 3.63) is 60.2 Å². The van der Waals surface area contributed by atoms with Crippen LogP contribution in [0, 0.1) is 0 Å². The normalized spacial score (nSPS) is 12.5. The molecule has 0 aliphatic carbocycles. The maximum Gasteiger partial charge on any atom is 0.407 e. The number of ether oxygens (including phenoxy) is 2. The number of alkyl carbamates (subject to hydrolysis) is 1. The Labute approximate surface area is 189 Å². The van der Waals surface area contributed by atoms with Crippen LogP contribution in [-0.2, 0) is 24.4 Å². The number of carbonyl (C=O) groups is 2. The first-order valence-corrected chi connectivity index (χ1v) is 11.6. The fourth-order valence-corrected chi connectivity index (χ4v) is 3.76. The topological polar surface area (TPSA) is 108 Å². The van der Waals surface area contributed by atoms with Crippen molar-refractivity contribution in [2.24, 2.45) is 0 Å². The van der Waals surface area contributed by atoms with E-state index in [1.807, 2.05) is 0 Å². The first-order valence-electron chi connectivity index (χ1n) is 10.2. The Kier molecular flexibility index (Phi) is 8.65. The molecule has 0 saturated heterocycles. The third kappa shape index (κ3) is 8.22. The molecular weight excluding hydrogens is 434 g/mol. The van der Waals surface area contributed by atoms with E-state index in [0.29, 0.717) is 5.56 Å². The molecule has 0 aliphatic rings. The second kappa shape index (κ2) is 11.0. The van der Waals surface area contributed by atoms with Gasteiger partial charge < -0.3 is 19.0 Å². The van der Waals surface area contributed by atoms with Crippen LogP contribution in [0.3, 0.4) is 0 Å². The molecule has 1 unspecified atom stereocenters. The molecule has 0 spiro atoms. The van der Waals surface area contributed by atoms with E-state index < -0.39 is 33.7 Å². The zero-order valence-corrected chi connectivity index (χ0v) is 19.5. The minimum absolute atomic E-state index is 0.0339. The minimum atomic E-state index is -3.96. The number of nitrogens with one attached hydrogen (secondary N) is 1. The van der Waals surface area contributed by atoms with Gasteiger partial charge in [0.25, 0.3) is 0 Å². The van der Waals surface area contributed by atoms with E-state index in [1.54, 1.807) is 58.0 Å². The third-order valence-electron chi connectivity index (χ3n) is 4.20. The Morgan fingerprint density at radius 1 is 1.00 bits per heavy atom. The van der Waals surface area contributed by atoms with Crippen molar-refractivity contribution < 1.29 is 31.7 Å². The van der Waals surface area contributed by atoms with Crippen LogP contribution < -0.4 is 9.50 Å². The number of esters is 1. The summed E-state index contributed by atoms with van der Waals surface area (Å²) in [5.74, 6) is -0.676. The predicted molar refractivity (Wildman–Crippen MR) is 119 cm³/mol. The molecule has 0 aliphatic heterocycles. The number of rotatable bonds is 9. The van der Waals surface area contributed by atoms with Crippen LogP contribution >= 0.6 is 0 Å². The second-order valence-electron chi connectivity index (χ2n) is 8.01. The van der Waals surface area contributed by atoms with Crippen molar-refractivity contribution in [1.82, 2.24) is 5.32 Å². The Balaban J connectivity index is 2.13. The molecule has 0 saturated carbocycles. The molecule has 9 heteroatoms. The van der Waals surface area contributed by atoms with E-state index in [-0.39, 0.29) is 30.2 Å². The van der Waals surface area contributed by atoms with Gasteiger partial charge in [-0.05, 0) is 57.5 Å². The van der Waals surface area contributed by atoms with Gasteiger partial charge >= 0.3 is 22.2 Å². The molecule has 32 heavy (non-hydrogen) atoms. The molecule has 0 bridgehead atoms. The summed E-state index contributed by atoms with van der Waals surface area (Å²) in [6, 6.07) is 14.1. The van der Waals surface area contributed by atoms with Crippen LogP contribution in [0.4, 0.5) is 4.79 Å². The lowest BCUT2D eigenvalue weighted by molar-refractivity contribution is -0.143. The summed E-state index contributed by atoms with van der Waals surface area (Å²) in [6.45, 7) is 7.36. The summed E-state index contributed by atoms with van der Waals surface area (Å²) in [4.78, 5) is 24.1. The number of amides is 1. The summed E-state index contributed by atoms with van der Waals surface area (Å²) in [6.07, 6.45) is -0.563. The van der Waals surface area contributed by atoms with Crippen molar-refractivity contribution in [3.63, 3.8) is 0 Å². The first-order chi connectivity index (χ1) is 15.0. The highest BCUT2D eigenvalue weighted by Gasteiger charge is 2.22. The number of benzene rings is 2. The van der Waals surface area contributed by atoms with Crippen molar-refractivity contribution in [1.29, 1.82) is 0 Å². The molecular formula is C23H29NO7S. The molecule has 174 valence electrons. The van der Waals surface area contributed by atoms with Crippen LogP contribution in [0.15, 0.2) is 59.5 Å². The lowest BCUT2D eigenvalue weighted by atomic mass is 9.95. The maximum absolute atomic E-state index is 12.4. The van der Waals surface area contributed by atoms with Gasteiger partial charge in [0, 0.05) is 12.5 Å². The average molecular weight is 464 g/mol. The second-order valence-corrected chi connectivity index (χ2v) is 9.55. The molecule has 1 atom stereocenters. The number of hydrogen-bond acceptors (Lipinski definition) is 7. The zero-order chi connectivity index (χ0) is 23.8. The summed E-state index contributed by atoms with van der Waals surface area (Å²) in [7, 11) is -3.96. The van der Waals surface area contributed by atoms with Gasteiger partial charge in [-0.15, -0.1) is 0 Å². The minimum Gasteiger partial charge on any atom is -0.466 e.